The molecule has 0 unspecified atom stereocenters. The molecule has 0 aliphatic heterocycles. The molecule has 1 heterocycles. The van der Waals surface area contributed by atoms with Crippen molar-refractivity contribution in [3.63, 3.8) is 0 Å². The number of carbonyl (C=O) groups is 1. The van der Waals surface area contributed by atoms with E-state index in [1.807, 2.05) is 13.0 Å². The van der Waals surface area contributed by atoms with Crippen molar-refractivity contribution < 1.29 is 13.2 Å². The maximum absolute atomic E-state index is 12.4. The molecular weight excluding hydrogens is 376 g/mol. The molecule has 0 fully saturated rings. The molecular formula is C17H23ClN4O3S. The second kappa shape index (κ2) is 7.77. The number of benzene rings is 1. The van der Waals surface area contributed by atoms with Gasteiger partial charge in [0.15, 0.2) is 0 Å². The van der Waals surface area contributed by atoms with E-state index < -0.39 is 10.0 Å². The molecule has 142 valence electrons. The topological polar surface area (TPSA) is 84.3 Å². The molecule has 0 bridgehead atoms. The molecule has 0 saturated heterocycles. The highest BCUT2D eigenvalue weighted by atomic mass is 35.5. The van der Waals surface area contributed by atoms with Gasteiger partial charge in [-0.25, -0.2) is 12.7 Å². The van der Waals surface area contributed by atoms with Crippen molar-refractivity contribution in [2.45, 2.75) is 38.6 Å². The molecule has 2 aromatic rings. The first-order valence-electron chi connectivity index (χ1n) is 8.06. The Morgan fingerprint density at radius 1 is 1.27 bits per heavy atom. The van der Waals surface area contributed by atoms with Crippen molar-refractivity contribution in [1.82, 2.24) is 14.1 Å². The number of carbonyl (C=O) groups excluding carboxylic acids is 1. The number of aryl methyl sites for hydroxylation is 3. The minimum Gasteiger partial charge on any atom is -0.326 e. The monoisotopic (exact) mass is 398 g/mol. The molecule has 7 nitrogen and oxygen atoms in total. The Hall–Kier alpha value is -1.90. The Kier molecular flexibility index (Phi) is 6.10. The summed E-state index contributed by atoms with van der Waals surface area (Å²) in [7, 11) is -0.623. The molecule has 1 aromatic carbocycles. The molecule has 0 aliphatic carbocycles. The van der Waals surface area contributed by atoms with Crippen LogP contribution in [0.15, 0.2) is 23.1 Å². The number of hydrogen-bond acceptors (Lipinski definition) is 4. The summed E-state index contributed by atoms with van der Waals surface area (Å²) >= 11 is 6.05. The summed E-state index contributed by atoms with van der Waals surface area (Å²) in [6.07, 6.45) is 0.162. The van der Waals surface area contributed by atoms with Gasteiger partial charge in [-0.15, -0.1) is 0 Å². The molecule has 9 heteroatoms. The fourth-order valence-corrected chi connectivity index (χ4v) is 3.99. The zero-order valence-corrected chi connectivity index (χ0v) is 17.1. The van der Waals surface area contributed by atoms with Crippen LogP contribution >= 0.6 is 11.6 Å². The van der Waals surface area contributed by atoms with Crippen LogP contribution in [0, 0.1) is 20.8 Å². The lowest BCUT2D eigenvalue weighted by Gasteiger charge is -2.12. The van der Waals surface area contributed by atoms with Gasteiger partial charge >= 0.3 is 0 Å². The third kappa shape index (κ3) is 4.25. The van der Waals surface area contributed by atoms with Gasteiger partial charge in [0.05, 0.1) is 17.9 Å². The van der Waals surface area contributed by atoms with E-state index in [4.69, 9.17) is 11.6 Å². The van der Waals surface area contributed by atoms with Gasteiger partial charge in [-0.2, -0.15) is 5.10 Å². The Morgan fingerprint density at radius 2 is 1.92 bits per heavy atom. The number of nitrogens with one attached hydrogen (secondary N) is 1. The summed E-state index contributed by atoms with van der Waals surface area (Å²) in [5.41, 5.74) is 2.49. The summed E-state index contributed by atoms with van der Waals surface area (Å²) in [5.74, 6) is -0.200. The maximum atomic E-state index is 12.4. The van der Waals surface area contributed by atoms with Gasteiger partial charge < -0.3 is 5.32 Å². The van der Waals surface area contributed by atoms with E-state index in [1.54, 1.807) is 30.7 Å². The van der Waals surface area contributed by atoms with Crippen LogP contribution in [0.3, 0.4) is 0 Å². The first-order valence-corrected chi connectivity index (χ1v) is 9.88. The van der Waals surface area contributed by atoms with Crippen LogP contribution in [0.2, 0.25) is 5.02 Å². The Bertz CT molecular complexity index is 936. The minimum absolute atomic E-state index is 0.162. The first kappa shape index (κ1) is 20.4. The maximum Gasteiger partial charge on any atom is 0.246 e. The number of hydrogen-bond donors (Lipinski definition) is 1. The van der Waals surface area contributed by atoms with Gasteiger partial charge in [0.1, 0.15) is 4.90 Å². The second-order valence-electron chi connectivity index (χ2n) is 6.27. The van der Waals surface area contributed by atoms with Crippen molar-refractivity contribution >= 4 is 33.2 Å². The first-order chi connectivity index (χ1) is 12.0. The number of anilines is 1. The summed E-state index contributed by atoms with van der Waals surface area (Å²) in [4.78, 5) is 12.4. The van der Waals surface area contributed by atoms with E-state index in [1.165, 1.54) is 14.1 Å². The van der Waals surface area contributed by atoms with Crippen LogP contribution in [0.4, 0.5) is 5.69 Å². The van der Waals surface area contributed by atoms with E-state index in [0.29, 0.717) is 22.1 Å². The van der Waals surface area contributed by atoms with E-state index in [2.05, 4.69) is 10.4 Å². The highest BCUT2D eigenvalue weighted by Gasteiger charge is 2.26. The zero-order valence-electron chi connectivity index (χ0n) is 15.5. The van der Waals surface area contributed by atoms with Gasteiger partial charge in [0.25, 0.3) is 0 Å². The third-order valence-corrected chi connectivity index (χ3v) is 6.54. The van der Waals surface area contributed by atoms with Crippen LogP contribution in [0.25, 0.3) is 0 Å². The molecule has 0 spiro atoms. The quantitative estimate of drug-likeness (QED) is 0.810. The van der Waals surface area contributed by atoms with E-state index in [9.17, 15) is 13.2 Å². The van der Waals surface area contributed by atoms with Gasteiger partial charge in [-0.3, -0.25) is 9.48 Å². The number of rotatable bonds is 6. The lowest BCUT2D eigenvalue weighted by Crippen LogP contribution is -2.23. The molecule has 1 N–H and O–H groups in total. The standard InChI is InChI=1S/C17H23ClN4O3S/c1-11-6-7-14(10-15(11)18)19-16(23)8-9-22-13(3)17(12(2)20-22)26(24,25)21(4)5/h6-7,10H,8-9H2,1-5H3,(H,19,23). The van der Waals surface area contributed by atoms with Crippen molar-refractivity contribution in [2.24, 2.45) is 0 Å². The molecule has 0 atom stereocenters. The number of halogens is 1. The number of nitrogens with zero attached hydrogens (tertiary/aromatic N) is 3. The smallest absolute Gasteiger partial charge is 0.246 e. The van der Waals surface area contributed by atoms with Crippen LogP contribution in [0.5, 0.6) is 0 Å². The summed E-state index contributed by atoms with van der Waals surface area (Å²) in [6, 6.07) is 5.31. The van der Waals surface area contributed by atoms with Crippen molar-refractivity contribution in [3.8, 4) is 0 Å². The van der Waals surface area contributed by atoms with Gasteiger partial charge in [-0.1, -0.05) is 17.7 Å². The van der Waals surface area contributed by atoms with Crippen molar-refractivity contribution in [3.05, 3.63) is 40.2 Å². The summed E-state index contributed by atoms with van der Waals surface area (Å²) in [5, 5.41) is 7.64. The van der Waals surface area contributed by atoms with Crippen LogP contribution in [-0.4, -0.2) is 42.5 Å². The average molecular weight is 399 g/mol. The average Bonchev–Trinajstić information content (AvgIpc) is 2.83. The lowest BCUT2D eigenvalue weighted by atomic mass is 10.2. The summed E-state index contributed by atoms with van der Waals surface area (Å²) < 4.78 is 27.5. The fraction of sp³-hybridized carbons (Fsp3) is 0.412. The van der Waals surface area contributed by atoms with Gasteiger partial charge in [-0.05, 0) is 38.5 Å². The van der Waals surface area contributed by atoms with Crippen LogP contribution < -0.4 is 5.32 Å². The molecule has 1 amide bonds. The minimum atomic E-state index is -3.58. The Morgan fingerprint density at radius 3 is 2.50 bits per heavy atom. The number of amides is 1. The van der Waals surface area contributed by atoms with E-state index >= 15 is 0 Å². The lowest BCUT2D eigenvalue weighted by molar-refractivity contribution is -0.116. The third-order valence-electron chi connectivity index (χ3n) is 4.06. The van der Waals surface area contributed by atoms with Crippen molar-refractivity contribution in [1.29, 1.82) is 0 Å². The normalized spacial score (nSPS) is 11.8. The predicted octanol–water partition coefficient (Wildman–Crippen LogP) is 2.74. The fourth-order valence-electron chi connectivity index (χ4n) is 2.56. The van der Waals surface area contributed by atoms with Gasteiger partial charge in [0, 0.05) is 31.2 Å². The van der Waals surface area contributed by atoms with Gasteiger partial charge in [0.2, 0.25) is 15.9 Å². The second-order valence-corrected chi connectivity index (χ2v) is 8.77. The molecule has 0 saturated carbocycles. The molecule has 2 rings (SSSR count). The van der Waals surface area contributed by atoms with Crippen LogP contribution in [0.1, 0.15) is 23.4 Å². The van der Waals surface area contributed by atoms with Crippen LogP contribution in [-0.2, 0) is 21.4 Å². The summed E-state index contributed by atoms with van der Waals surface area (Å²) in [6.45, 7) is 5.50. The molecule has 0 aliphatic rings. The number of sulfonamides is 1. The largest absolute Gasteiger partial charge is 0.326 e. The molecule has 0 radical (unpaired) electrons. The van der Waals surface area contributed by atoms with E-state index in [0.717, 1.165) is 9.87 Å². The SMILES string of the molecule is Cc1ccc(NC(=O)CCn2nc(C)c(S(=O)(=O)N(C)C)c2C)cc1Cl. The highest BCUT2D eigenvalue weighted by Crippen LogP contribution is 2.23. The zero-order chi connectivity index (χ0) is 19.6. The molecule has 26 heavy (non-hydrogen) atoms. The Balaban J connectivity index is 2.10. The molecule has 1 aromatic heterocycles. The van der Waals surface area contributed by atoms with E-state index in [-0.39, 0.29) is 23.8 Å². The van der Waals surface area contributed by atoms with Crippen molar-refractivity contribution in [2.75, 3.05) is 19.4 Å². The Labute approximate surface area is 159 Å². The highest BCUT2D eigenvalue weighted by molar-refractivity contribution is 7.89. The predicted molar refractivity (Wildman–Crippen MR) is 102 cm³/mol. The number of aromatic nitrogens is 2.